The summed E-state index contributed by atoms with van der Waals surface area (Å²) < 4.78 is 3.98. The Morgan fingerprint density at radius 2 is 1.06 bits per heavy atom. The minimum atomic E-state index is -2.19. The van der Waals surface area contributed by atoms with Gasteiger partial charge >= 0.3 is 289 Å². The van der Waals surface area contributed by atoms with Crippen molar-refractivity contribution in [1.29, 1.82) is 0 Å². The molecule has 4 aliphatic rings. The molecule has 0 N–H and O–H groups in total. The third-order valence-corrected chi connectivity index (χ3v) is 33.1. The van der Waals surface area contributed by atoms with Gasteiger partial charge in [0.05, 0.1) is 0 Å². The van der Waals surface area contributed by atoms with Gasteiger partial charge in [-0.05, 0) is 0 Å². The molecule has 0 amide bonds. The first-order valence-electron chi connectivity index (χ1n) is 17.8. The van der Waals surface area contributed by atoms with E-state index in [0.717, 1.165) is 11.8 Å². The Bertz CT molecular complexity index is 2220. The van der Waals surface area contributed by atoms with Gasteiger partial charge < -0.3 is 24.8 Å². The van der Waals surface area contributed by atoms with Gasteiger partial charge in [-0.1, -0.05) is 0 Å². The number of rotatable bonds is 7. The minimum absolute atomic E-state index is 0. The second-order valence-electron chi connectivity index (χ2n) is 14.7. The van der Waals surface area contributed by atoms with Gasteiger partial charge in [-0.2, -0.15) is 0 Å². The zero-order valence-electron chi connectivity index (χ0n) is 28.0. The number of halogens is 2. The minimum Gasteiger partial charge on any atom is -1.00 e. The third-order valence-electron chi connectivity index (χ3n) is 11.5. The van der Waals surface area contributed by atoms with Crippen LogP contribution in [-0.4, -0.2) is 10.5 Å². The zero-order chi connectivity index (χ0) is 31.2. The van der Waals surface area contributed by atoms with E-state index in [2.05, 4.69) is 145 Å². The van der Waals surface area contributed by atoms with Gasteiger partial charge in [0.25, 0.3) is 0 Å². The van der Waals surface area contributed by atoms with Crippen LogP contribution in [0.4, 0.5) is 0 Å². The van der Waals surface area contributed by atoms with Crippen LogP contribution in [-0.2, 0) is 20.9 Å². The van der Waals surface area contributed by atoms with Crippen LogP contribution in [0.2, 0.25) is 13.1 Å². The van der Waals surface area contributed by atoms with Crippen molar-refractivity contribution in [1.82, 2.24) is 4.57 Å². The van der Waals surface area contributed by atoms with Gasteiger partial charge in [-0.25, -0.2) is 0 Å². The molecule has 0 aliphatic heterocycles. The van der Waals surface area contributed by atoms with Gasteiger partial charge in [0, 0.05) is 0 Å². The summed E-state index contributed by atoms with van der Waals surface area (Å²) in [7, 11) is 0. The topological polar surface area (TPSA) is 4.93 Å². The first kappa shape index (κ1) is 33.2. The maximum atomic E-state index is 2.73. The maximum Gasteiger partial charge on any atom is -1.00 e. The summed E-state index contributed by atoms with van der Waals surface area (Å²) in [6.45, 7) is 5.47. The fourth-order valence-corrected chi connectivity index (χ4v) is 32.0. The quantitative estimate of drug-likeness (QED) is 0.190. The molecule has 1 nitrogen and oxygen atoms in total. The molecule has 1 heterocycles. The molecule has 0 saturated heterocycles. The monoisotopic (exact) mass is 770 g/mol. The summed E-state index contributed by atoms with van der Waals surface area (Å²) in [5, 5.41) is 2.70. The van der Waals surface area contributed by atoms with E-state index in [0.29, 0.717) is 7.25 Å². The molecule has 10 rings (SSSR count). The number of fused-ring (bicyclic) bond motifs is 5. The predicted molar refractivity (Wildman–Crippen MR) is 198 cm³/mol. The molecular weight excluding hydrogens is 733 g/mol. The van der Waals surface area contributed by atoms with E-state index in [1.807, 2.05) is 11.1 Å². The largest absolute Gasteiger partial charge is 1.00 e. The number of hydrogen-bond acceptors (Lipinski definition) is 0. The summed E-state index contributed by atoms with van der Waals surface area (Å²) >= 11 is -2.19. The first-order chi connectivity index (χ1) is 23.2. The number of allylic oxidation sites excluding steroid dienone is 2. The van der Waals surface area contributed by atoms with Crippen molar-refractivity contribution in [2.24, 2.45) is 11.8 Å². The number of nitrogens with zero attached hydrogens (tertiary/aromatic N) is 1. The molecule has 0 spiro atoms. The van der Waals surface area contributed by atoms with Crippen molar-refractivity contribution in [3.63, 3.8) is 0 Å². The molecule has 2 unspecified atom stereocenters. The van der Waals surface area contributed by atoms with Crippen molar-refractivity contribution in [2.75, 3.05) is 0 Å². The molecule has 2 fully saturated rings. The Hall–Kier alpha value is -2.94. The third kappa shape index (κ3) is 5.34. The van der Waals surface area contributed by atoms with E-state index in [-0.39, 0.29) is 24.8 Å². The van der Waals surface area contributed by atoms with Crippen molar-refractivity contribution in [3.8, 4) is 16.8 Å². The van der Waals surface area contributed by atoms with E-state index < -0.39 is 26.8 Å². The summed E-state index contributed by atoms with van der Waals surface area (Å²) in [5.74, 6) is 0.635. The van der Waals surface area contributed by atoms with E-state index >= 15 is 0 Å². The summed E-state index contributed by atoms with van der Waals surface area (Å²) in [5.41, 5.74) is 16.9. The number of para-hydroxylation sites is 2. The van der Waals surface area contributed by atoms with Crippen molar-refractivity contribution in [2.45, 2.75) is 46.0 Å². The van der Waals surface area contributed by atoms with Crippen molar-refractivity contribution in [3.05, 3.63) is 149 Å². The van der Waals surface area contributed by atoms with Crippen LogP contribution in [0.1, 0.15) is 55.2 Å². The molecule has 2 atom stereocenters. The molecule has 1 aromatic heterocycles. The zero-order valence-corrected chi connectivity index (χ0v) is 33.2. The maximum absolute atomic E-state index is 2.73. The molecule has 5 heteroatoms. The summed E-state index contributed by atoms with van der Waals surface area (Å²) in [6, 6.07) is 43.8. The van der Waals surface area contributed by atoms with Gasteiger partial charge in [0.15, 0.2) is 0 Å². The standard InChI is InChI=1S/C24H18N.C18H15.C2H7Si.2ClH.Zr/c1-3-9-22-19(7-1)20-8-2-4-10-23(20)25(22)24-11-5-6-17-14-18(15-21(17)24)16-12-13-16;1-2-5-14(6-3-1)17-8-4-7-15-11-16(12-18(15)17)13-9-10-13;1-3-2;;;/h1-11,14-16H,12-13H2;1-8,11-13H,9-10H2;3H,1-2H3;2*1H;/q;;;;;+2/p-2. The van der Waals surface area contributed by atoms with Gasteiger partial charge in [0.1, 0.15) is 0 Å². The summed E-state index contributed by atoms with van der Waals surface area (Å²) in [6.07, 6.45) is 11.0. The van der Waals surface area contributed by atoms with Gasteiger partial charge in [0.2, 0.25) is 0 Å². The Balaban J connectivity index is 0.00000174. The normalized spacial score (nSPS) is 19.2. The Morgan fingerprint density at radius 3 is 1.63 bits per heavy atom. The van der Waals surface area contributed by atoms with Gasteiger partial charge in [-0.3, -0.25) is 0 Å². The Kier molecular flexibility index (Phi) is 8.81. The van der Waals surface area contributed by atoms with Crippen LogP contribution in [0.5, 0.6) is 0 Å². The fraction of sp³-hybridized carbons (Fsp3) is 0.227. The molecule has 0 bridgehead atoms. The second kappa shape index (κ2) is 13.0. The average Bonchev–Trinajstić information content (AvgIpc) is 4.04. The predicted octanol–water partition coefficient (Wildman–Crippen LogP) is 5.46. The SMILES string of the molecule is C[SiH](C)[Zr+2]([CH]1C(C2CC2)=Cc2c(-c3ccccc3)cccc21)[CH]1C(C2CC2)=Cc2c1cccc2-n1c2ccccc2c2ccccc21.[Cl-].[Cl-]. The number of benzene rings is 5. The van der Waals surface area contributed by atoms with Crippen LogP contribution in [0, 0.1) is 11.8 Å². The fourth-order valence-electron chi connectivity index (χ4n) is 9.20. The smallest absolute Gasteiger partial charge is 1.00 e. The van der Waals surface area contributed by atoms with Crippen LogP contribution in [0.3, 0.4) is 0 Å². The number of hydrogen-bond donors (Lipinski definition) is 0. The molecular formula is C44H40Cl2NSiZr. The van der Waals surface area contributed by atoms with E-state index in [1.165, 1.54) is 69.9 Å². The van der Waals surface area contributed by atoms with E-state index in [4.69, 9.17) is 0 Å². The van der Waals surface area contributed by atoms with Crippen LogP contribution in [0.15, 0.2) is 126 Å². The molecule has 6 aromatic rings. The van der Waals surface area contributed by atoms with Crippen LogP contribution >= 0.6 is 0 Å². The molecule has 5 aromatic carbocycles. The molecule has 49 heavy (non-hydrogen) atoms. The molecule has 0 radical (unpaired) electrons. The Labute approximate surface area is 311 Å². The number of aromatic nitrogens is 1. The van der Waals surface area contributed by atoms with Gasteiger partial charge in [-0.15, -0.1) is 0 Å². The van der Waals surface area contributed by atoms with Crippen molar-refractivity contribution < 1.29 is 45.7 Å². The molecule has 4 aliphatic carbocycles. The first-order valence-corrected chi connectivity index (χ1v) is 27.7. The average molecular weight is 773 g/mol. The molecule has 2 saturated carbocycles. The molecule has 243 valence electrons. The van der Waals surface area contributed by atoms with E-state index in [1.54, 1.807) is 16.7 Å². The van der Waals surface area contributed by atoms with Crippen LogP contribution < -0.4 is 24.8 Å². The van der Waals surface area contributed by atoms with Crippen molar-refractivity contribution >= 4 is 39.9 Å². The Morgan fingerprint density at radius 1 is 0.551 bits per heavy atom. The second-order valence-corrected chi connectivity index (χ2v) is 34.7. The van der Waals surface area contributed by atoms with E-state index in [9.17, 15) is 0 Å². The van der Waals surface area contributed by atoms with Crippen LogP contribution in [0.25, 0.3) is 50.8 Å². The summed E-state index contributed by atoms with van der Waals surface area (Å²) in [4.78, 5) is 0.